The fraction of sp³-hybridized carbons (Fsp3) is 0.222. The van der Waals surface area contributed by atoms with Crippen LogP contribution in [0.25, 0.3) is 10.9 Å². The molecule has 0 spiro atoms. The van der Waals surface area contributed by atoms with Gasteiger partial charge in [-0.2, -0.15) is 0 Å². The average molecular weight is 684 g/mol. The molecule has 0 aliphatic heterocycles. The number of aromatic nitrogens is 5. The number of likely N-dealkylation sites (N-methyl/N-ethyl adjacent to an activating group) is 1. The third-order valence-electron chi connectivity index (χ3n) is 6.00. The number of nitrogens with one attached hydrogen (secondary N) is 2. The predicted molar refractivity (Wildman–Crippen MR) is 163 cm³/mol. The van der Waals surface area contributed by atoms with Crippen molar-refractivity contribution in [1.82, 2.24) is 24.5 Å². The van der Waals surface area contributed by atoms with E-state index in [0.29, 0.717) is 51.6 Å². The summed E-state index contributed by atoms with van der Waals surface area (Å²) in [5.74, 6) is 6.17. The SMILES string of the molecule is CC#Cc1nc([N+](=O)[O-])c(C[N+](C)(C)C/C=C/C(=O)Nc2cc3c(Nc4ccc(Br)c(Br)c4)ncnc3cn2)n1C. The molecule has 0 bridgehead atoms. The number of pyridine rings is 1. The van der Waals surface area contributed by atoms with E-state index in [2.05, 4.69) is 74.3 Å². The van der Waals surface area contributed by atoms with Gasteiger partial charge in [0.2, 0.25) is 5.91 Å². The largest absolute Gasteiger partial charge is 0.392 e. The Hall–Kier alpha value is -4.19. The van der Waals surface area contributed by atoms with E-state index in [4.69, 9.17) is 0 Å². The standard InChI is InChI=1S/C27H25Br2N9O3/c1-5-7-24-35-27(37(40)41)22(36(24)2)15-38(3,4)11-6-8-25(39)34-23-13-18-21(14-30-23)31-16-32-26(18)33-17-9-10-19(28)20(29)12-17/h6,8-10,12-14,16H,11,15H2,1-4H3,(H-,30,31,32,33,34,39)/p+1/b8-6+. The van der Waals surface area contributed by atoms with Crippen LogP contribution in [0.5, 0.6) is 0 Å². The van der Waals surface area contributed by atoms with E-state index in [1.807, 2.05) is 32.3 Å². The normalized spacial score (nSPS) is 11.4. The topological polar surface area (TPSA) is 141 Å². The number of hydrogen-bond donors (Lipinski definition) is 2. The highest BCUT2D eigenvalue weighted by Gasteiger charge is 2.30. The van der Waals surface area contributed by atoms with Crippen molar-refractivity contribution in [2.75, 3.05) is 31.3 Å². The third-order valence-corrected chi connectivity index (χ3v) is 7.88. The zero-order valence-corrected chi connectivity index (χ0v) is 25.8. The first-order valence-corrected chi connectivity index (χ1v) is 13.8. The lowest BCUT2D eigenvalue weighted by molar-refractivity contribution is -0.898. The van der Waals surface area contributed by atoms with E-state index in [9.17, 15) is 14.9 Å². The molecule has 4 aromatic rings. The number of rotatable bonds is 9. The summed E-state index contributed by atoms with van der Waals surface area (Å²) in [5.41, 5.74) is 1.89. The summed E-state index contributed by atoms with van der Waals surface area (Å²) >= 11 is 6.95. The van der Waals surface area contributed by atoms with E-state index < -0.39 is 4.92 Å². The molecule has 3 heterocycles. The van der Waals surface area contributed by atoms with Gasteiger partial charge in [0.15, 0.2) is 5.69 Å². The molecule has 1 amide bonds. The van der Waals surface area contributed by atoms with E-state index in [0.717, 1.165) is 14.6 Å². The van der Waals surface area contributed by atoms with Crippen LogP contribution in [0.15, 0.2) is 57.9 Å². The van der Waals surface area contributed by atoms with Crippen molar-refractivity contribution in [2.24, 2.45) is 7.05 Å². The lowest BCUT2D eigenvalue weighted by Crippen LogP contribution is -2.39. The molecular formula is C27H26Br2N9O3+. The van der Waals surface area contributed by atoms with Crippen LogP contribution in [0.2, 0.25) is 0 Å². The van der Waals surface area contributed by atoms with Gasteiger partial charge < -0.3 is 25.2 Å². The molecule has 14 heteroatoms. The van der Waals surface area contributed by atoms with E-state index >= 15 is 0 Å². The van der Waals surface area contributed by atoms with Crippen LogP contribution in [0.4, 0.5) is 23.1 Å². The molecule has 12 nitrogen and oxygen atoms in total. The number of amides is 1. The van der Waals surface area contributed by atoms with Gasteiger partial charge in [0.25, 0.3) is 5.82 Å². The van der Waals surface area contributed by atoms with Crippen molar-refractivity contribution in [3.8, 4) is 11.8 Å². The second-order valence-corrected chi connectivity index (χ2v) is 11.3. The molecular weight excluding hydrogens is 658 g/mol. The summed E-state index contributed by atoms with van der Waals surface area (Å²) in [7, 11) is 5.53. The number of carbonyl (C=O) groups is 1. The highest BCUT2D eigenvalue weighted by molar-refractivity contribution is 9.13. The minimum atomic E-state index is -0.500. The van der Waals surface area contributed by atoms with Gasteiger partial charge >= 0.3 is 5.82 Å². The monoisotopic (exact) mass is 682 g/mol. The van der Waals surface area contributed by atoms with Crippen LogP contribution in [-0.2, 0) is 18.4 Å². The number of halogens is 2. The van der Waals surface area contributed by atoms with Crippen LogP contribution in [0, 0.1) is 22.0 Å². The molecule has 0 saturated heterocycles. The number of nitrogens with zero attached hydrogens (tertiary/aromatic N) is 7. The third kappa shape index (κ3) is 7.31. The zero-order valence-electron chi connectivity index (χ0n) is 22.6. The molecule has 0 atom stereocenters. The zero-order chi connectivity index (χ0) is 29.7. The first-order chi connectivity index (χ1) is 19.5. The van der Waals surface area contributed by atoms with Crippen molar-refractivity contribution >= 4 is 71.8 Å². The lowest BCUT2D eigenvalue weighted by Gasteiger charge is -2.28. The molecule has 0 aliphatic rings. The van der Waals surface area contributed by atoms with Gasteiger partial charge in [-0.25, -0.2) is 15.0 Å². The maximum absolute atomic E-state index is 12.7. The number of quaternary nitrogens is 1. The van der Waals surface area contributed by atoms with Crippen LogP contribution in [0.3, 0.4) is 0 Å². The van der Waals surface area contributed by atoms with Gasteiger partial charge in [-0.15, -0.1) is 0 Å². The van der Waals surface area contributed by atoms with Crippen LogP contribution >= 0.6 is 31.9 Å². The number of fused-ring (bicyclic) bond motifs is 1. The molecule has 4 rings (SSSR count). The Labute approximate surface area is 252 Å². The van der Waals surface area contributed by atoms with Gasteiger partial charge in [-0.3, -0.25) is 9.36 Å². The average Bonchev–Trinajstić information content (AvgIpc) is 3.21. The molecule has 0 saturated carbocycles. The van der Waals surface area contributed by atoms with Gasteiger partial charge in [-0.05, 0) is 85.0 Å². The summed E-state index contributed by atoms with van der Waals surface area (Å²) < 4.78 is 3.79. The maximum Gasteiger partial charge on any atom is 0.392 e. The number of hydrogen-bond acceptors (Lipinski definition) is 8. The van der Waals surface area contributed by atoms with Crippen LogP contribution in [0.1, 0.15) is 18.4 Å². The Morgan fingerprint density at radius 1 is 1.20 bits per heavy atom. The van der Waals surface area contributed by atoms with E-state index in [1.165, 1.54) is 12.4 Å². The number of nitro groups is 1. The maximum atomic E-state index is 12.7. The second-order valence-electron chi connectivity index (χ2n) is 9.63. The molecule has 2 N–H and O–H groups in total. The smallest absolute Gasteiger partial charge is 0.358 e. The number of anilines is 3. The highest BCUT2D eigenvalue weighted by Crippen LogP contribution is 2.29. The molecule has 210 valence electrons. The van der Waals surface area contributed by atoms with E-state index in [-0.39, 0.29) is 11.7 Å². The quantitative estimate of drug-likeness (QED) is 0.0819. The highest BCUT2D eigenvalue weighted by atomic mass is 79.9. The molecule has 0 aliphatic carbocycles. The molecule has 1 aromatic carbocycles. The summed E-state index contributed by atoms with van der Waals surface area (Å²) in [6, 6.07) is 7.43. The van der Waals surface area contributed by atoms with Crippen molar-refractivity contribution in [3.05, 3.63) is 79.5 Å². The van der Waals surface area contributed by atoms with Gasteiger partial charge in [0.05, 0.1) is 32.4 Å². The molecule has 0 unspecified atom stereocenters. The van der Waals surface area contributed by atoms with Gasteiger partial charge in [-0.1, -0.05) is 5.92 Å². The molecule has 0 fully saturated rings. The minimum absolute atomic E-state index is 0.217. The Kier molecular flexibility index (Phi) is 9.11. The van der Waals surface area contributed by atoms with Crippen molar-refractivity contribution < 1.29 is 14.2 Å². The molecule has 0 radical (unpaired) electrons. The summed E-state index contributed by atoms with van der Waals surface area (Å²) in [5, 5.41) is 18.3. The van der Waals surface area contributed by atoms with Crippen LogP contribution < -0.4 is 10.6 Å². The summed E-state index contributed by atoms with van der Waals surface area (Å²) in [6.07, 6.45) is 6.14. The van der Waals surface area contributed by atoms with Crippen molar-refractivity contribution in [2.45, 2.75) is 13.5 Å². The van der Waals surface area contributed by atoms with Crippen molar-refractivity contribution in [1.29, 1.82) is 0 Å². The number of imidazole rings is 1. The fourth-order valence-electron chi connectivity index (χ4n) is 3.98. The van der Waals surface area contributed by atoms with Crippen molar-refractivity contribution in [3.63, 3.8) is 0 Å². The Morgan fingerprint density at radius 2 is 1.98 bits per heavy atom. The lowest BCUT2D eigenvalue weighted by atomic mass is 10.2. The number of carbonyl (C=O) groups excluding carboxylic acids is 1. The van der Waals surface area contributed by atoms with E-state index in [1.54, 1.807) is 36.9 Å². The fourth-order valence-corrected chi connectivity index (χ4v) is 4.61. The first kappa shape index (κ1) is 29.8. The van der Waals surface area contributed by atoms with Gasteiger partial charge in [0, 0.05) is 33.1 Å². The van der Waals surface area contributed by atoms with Gasteiger partial charge in [0.1, 0.15) is 24.5 Å². The molecule has 41 heavy (non-hydrogen) atoms. The minimum Gasteiger partial charge on any atom is -0.358 e. The second kappa shape index (κ2) is 12.5. The Bertz CT molecular complexity index is 1740. The van der Waals surface area contributed by atoms with Crippen LogP contribution in [-0.4, -0.2) is 60.5 Å². The Morgan fingerprint density at radius 3 is 2.68 bits per heavy atom. The first-order valence-electron chi connectivity index (χ1n) is 12.2. The summed E-state index contributed by atoms with van der Waals surface area (Å²) in [4.78, 5) is 40.7. The Balaban J connectivity index is 1.45. The number of benzene rings is 1. The summed E-state index contributed by atoms with van der Waals surface area (Å²) in [6.45, 7) is 2.39. The molecule has 3 aromatic heterocycles. The predicted octanol–water partition coefficient (Wildman–Crippen LogP) is 5.08.